The molecule has 1 N–H and O–H groups in total. The number of rotatable bonds is 5. The molecule has 2 atom stereocenters. The Labute approximate surface area is 136 Å². The van der Waals surface area contributed by atoms with E-state index in [0.717, 1.165) is 25.3 Å². The fourth-order valence-electron chi connectivity index (χ4n) is 1.79. The maximum Gasteiger partial charge on any atom is 0.337 e. The summed E-state index contributed by atoms with van der Waals surface area (Å²) < 4.78 is 37.6. The molecule has 1 rings (SSSR count). The molecular weight excluding hydrogens is 322 g/mol. The zero-order valence-corrected chi connectivity index (χ0v) is 15.3. The quantitative estimate of drug-likeness (QED) is 0.654. The molecule has 0 fully saturated rings. The Hall–Kier alpha value is -1.31. The van der Waals surface area contributed by atoms with Gasteiger partial charge in [0.1, 0.15) is 17.7 Å². The number of benzene rings is 1. The van der Waals surface area contributed by atoms with Crippen LogP contribution in [0.2, 0.25) is 18.1 Å². The van der Waals surface area contributed by atoms with E-state index < -0.39 is 38.1 Å². The topological polar surface area (TPSA) is 55.8 Å². The molecule has 0 heterocycles. The van der Waals surface area contributed by atoms with E-state index in [1.165, 1.54) is 0 Å². The van der Waals surface area contributed by atoms with Gasteiger partial charge in [0.15, 0.2) is 14.4 Å². The number of carbonyl (C=O) groups is 1. The minimum absolute atomic E-state index is 0.0604. The fourth-order valence-corrected chi connectivity index (χ4v) is 3.05. The van der Waals surface area contributed by atoms with Crippen molar-refractivity contribution in [3.8, 4) is 0 Å². The molecule has 4 nitrogen and oxygen atoms in total. The molecule has 0 aliphatic carbocycles. The number of hydrogen-bond donors (Lipinski definition) is 1. The molecule has 0 unspecified atom stereocenters. The summed E-state index contributed by atoms with van der Waals surface area (Å²) in [4.78, 5) is 11.7. The van der Waals surface area contributed by atoms with Crippen LogP contribution < -0.4 is 0 Å². The van der Waals surface area contributed by atoms with Gasteiger partial charge in [0, 0.05) is 6.07 Å². The van der Waals surface area contributed by atoms with Gasteiger partial charge in [-0.25, -0.2) is 13.6 Å². The van der Waals surface area contributed by atoms with Crippen LogP contribution >= 0.6 is 0 Å². The Balaban J connectivity index is 3.30. The van der Waals surface area contributed by atoms with Crippen molar-refractivity contribution in [1.29, 1.82) is 0 Å². The Morgan fingerprint density at radius 1 is 1.17 bits per heavy atom. The SMILES string of the molecule is COC(=O)[C@@H](O)[C@H](O[Si](C)(C)C(C)(C)C)c1cc(F)cc(F)c1. The molecule has 0 radical (unpaired) electrons. The van der Waals surface area contributed by atoms with Gasteiger partial charge in [0.05, 0.1) is 7.11 Å². The summed E-state index contributed by atoms with van der Waals surface area (Å²) >= 11 is 0. The van der Waals surface area contributed by atoms with Crippen LogP contribution in [0.25, 0.3) is 0 Å². The number of methoxy groups -OCH3 is 1. The molecule has 0 bridgehead atoms. The predicted octanol–water partition coefficient (Wildman–Crippen LogP) is 3.56. The highest BCUT2D eigenvalue weighted by Crippen LogP contribution is 2.40. The van der Waals surface area contributed by atoms with Gasteiger partial charge in [-0.2, -0.15) is 0 Å². The Morgan fingerprint density at radius 3 is 2.04 bits per heavy atom. The van der Waals surface area contributed by atoms with Gasteiger partial charge in [-0.05, 0) is 35.8 Å². The molecule has 0 aromatic heterocycles. The minimum Gasteiger partial charge on any atom is -0.467 e. The third-order valence-corrected chi connectivity index (χ3v) is 8.63. The Kier molecular flexibility index (Phi) is 6.06. The van der Waals surface area contributed by atoms with E-state index in [1.807, 2.05) is 33.9 Å². The number of ether oxygens (including phenoxy) is 1. The number of aliphatic hydroxyl groups is 1. The zero-order chi connectivity index (χ0) is 18.0. The average Bonchev–Trinajstić information content (AvgIpc) is 2.40. The first-order valence-corrected chi connectivity index (χ1v) is 10.2. The number of carbonyl (C=O) groups excluding carboxylic acids is 1. The first-order valence-electron chi connectivity index (χ1n) is 7.29. The molecule has 0 saturated carbocycles. The Morgan fingerprint density at radius 2 is 1.65 bits per heavy atom. The zero-order valence-electron chi connectivity index (χ0n) is 14.3. The van der Waals surface area contributed by atoms with Gasteiger partial charge >= 0.3 is 5.97 Å². The third-order valence-electron chi connectivity index (χ3n) is 4.17. The lowest BCUT2D eigenvalue weighted by atomic mass is 10.0. The van der Waals surface area contributed by atoms with E-state index in [2.05, 4.69) is 4.74 Å². The fraction of sp³-hybridized carbons (Fsp3) is 0.562. The van der Waals surface area contributed by atoms with E-state index in [9.17, 15) is 18.7 Å². The van der Waals surface area contributed by atoms with Crippen molar-refractivity contribution in [1.82, 2.24) is 0 Å². The number of halogens is 2. The van der Waals surface area contributed by atoms with E-state index in [1.54, 1.807) is 0 Å². The second-order valence-electron chi connectivity index (χ2n) is 6.97. The number of esters is 1. The summed E-state index contributed by atoms with van der Waals surface area (Å²) in [6.07, 6.45) is -2.87. The number of hydrogen-bond acceptors (Lipinski definition) is 4. The van der Waals surface area contributed by atoms with Gasteiger partial charge < -0.3 is 14.3 Å². The standard InChI is InChI=1S/C16H24F2O4Si/c1-16(2,3)23(5,6)22-14(13(19)15(20)21-4)10-7-11(17)9-12(18)8-10/h7-9,13-14,19H,1-6H3/t13-,14+/m0/s1. The highest BCUT2D eigenvalue weighted by molar-refractivity contribution is 6.74. The van der Waals surface area contributed by atoms with Crippen molar-refractivity contribution >= 4 is 14.3 Å². The summed E-state index contributed by atoms with van der Waals surface area (Å²) in [6, 6.07) is 2.82. The molecule has 0 amide bonds. The molecular formula is C16H24F2O4Si. The van der Waals surface area contributed by atoms with Crippen LogP contribution in [0.4, 0.5) is 8.78 Å². The maximum absolute atomic E-state index is 13.5. The third kappa shape index (κ3) is 4.83. The molecule has 1 aromatic carbocycles. The lowest BCUT2D eigenvalue weighted by Crippen LogP contribution is -2.45. The monoisotopic (exact) mass is 346 g/mol. The summed E-state index contributed by atoms with van der Waals surface area (Å²) in [5.74, 6) is -2.53. The predicted molar refractivity (Wildman–Crippen MR) is 85.4 cm³/mol. The van der Waals surface area contributed by atoms with Crippen LogP contribution in [0.3, 0.4) is 0 Å². The smallest absolute Gasteiger partial charge is 0.337 e. The minimum atomic E-state index is -2.42. The summed E-state index contributed by atoms with van der Waals surface area (Å²) in [5, 5.41) is 10.0. The molecule has 23 heavy (non-hydrogen) atoms. The summed E-state index contributed by atoms with van der Waals surface area (Å²) in [5.41, 5.74) is 0.0604. The summed E-state index contributed by atoms with van der Waals surface area (Å²) in [7, 11) is -1.29. The van der Waals surface area contributed by atoms with Gasteiger partial charge in [0.2, 0.25) is 0 Å². The first-order chi connectivity index (χ1) is 10.4. The van der Waals surface area contributed by atoms with E-state index in [-0.39, 0.29) is 10.6 Å². The van der Waals surface area contributed by atoms with Crippen LogP contribution in [0, 0.1) is 11.6 Å². The molecule has 0 aliphatic heterocycles. The normalized spacial score (nSPS) is 15.2. The maximum atomic E-state index is 13.5. The average molecular weight is 346 g/mol. The van der Waals surface area contributed by atoms with Crippen molar-refractivity contribution in [2.75, 3.05) is 7.11 Å². The van der Waals surface area contributed by atoms with Crippen molar-refractivity contribution in [2.45, 2.75) is 51.1 Å². The van der Waals surface area contributed by atoms with Crippen LogP contribution in [0.1, 0.15) is 32.4 Å². The van der Waals surface area contributed by atoms with Crippen LogP contribution in [-0.4, -0.2) is 32.6 Å². The largest absolute Gasteiger partial charge is 0.467 e. The van der Waals surface area contributed by atoms with Crippen LogP contribution in [-0.2, 0) is 14.0 Å². The van der Waals surface area contributed by atoms with Gasteiger partial charge in [0.25, 0.3) is 0 Å². The number of aliphatic hydroxyl groups excluding tert-OH is 1. The van der Waals surface area contributed by atoms with E-state index in [0.29, 0.717) is 0 Å². The van der Waals surface area contributed by atoms with Gasteiger partial charge in [-0.3, -0.25) is 0 Å². The molecule has 7 heteroatoms. The van der Waals surface area contributed by atoms with Crippen molar-refractivity contribution in [3.05, 3.63) is 35.4 Å². The van der Waals surface area contributed by atoms with Crippen molar-refractivity contribution in [3.63, 3.8) is 0 Å². The van der Waals surface area contributed by atoms with E-state index >= 15 is 0 Å². The van der Waals surface area contributed by atoms with Crippen LogP contribution in [0.15, 0.2) is 18.2 Å². The summed E-state index contributed by atoms with van der Waals surface area (Å²) in [6.45, 7) is 9.77. The molecule has 0 aliphatic rings. The molecule has 1 aromatic rings. The van der Waals surface area contributed by atoms with Crippen LogP contribution in [0.5, 0.6) is 0 Å². The lowest BCUT2D eigenvalue weighted by Gasteiger charge is -2.40. The highest BCUT2D eigenvalue weighted by Gasteiger charge is 2.42. The Bertz CT molecular complexity index is 549. The van der Waals surface area contributed by atoms with E-state index in [4.69, 9.17) is 4.43 Å². The molecule has 130 valence electrons. The van der Waals surface area contributed by atoms with Gasteiger partial charge in [-0.1, -0.05) is 20.8 Å². The highest BCUT2D eigenvalue weighted by atomic mass is 28.4. The first kappa shape index (κ1) is 19.7. The van der Waals surface area contributed by atoms with Crippen molar-refractivity contribution < 1.29 is 27.8 Å². The molecule has 0 saturated heterocycles. The van der Waals surface area contributed by atoms with Crippen molar-refractivity contribution in [2.24, 2.45) is 0 Å². The lowest BCUT2D eigenvalue weighted by molar-refractivity contribution is -0.156. The molecule has 0 spiro atoms. The second kappa shape index (κ2) is 7.07. The second-order valence-corrected chi connectivity index (χ2v) is 11.7. The van der Waals surface area contributed by atoms with Gasteiger partial charge in [-0.15, -0.1) is 0 Å².